The van der Waals surface area contributed by atoms with Crippen LogP contribution in [0.4, 0.5) is 4.79 Å². The Morgan fingerprint density at radius 1 is 1.90 bits per heavy atom. The zero-order valence-corrected chi connectivity index (χ0v) is 6.50. The summed E-state index contributed by atoms with van der Waals surface area (Å²) in [6.07, 6.45) is 0.421. The van der Waals surface area contributed by atoms with Crippen LogP contribution in [0.25, 0.3) is 0 Å². The van der Waals surface area contributed by atoms with Gasteiger partial charge >= 0.3 is 6.09 Å². The Balaban J connectivity index is 0.000000180. The average Bonchev–Trinajstić information content (AvgIpc) is 2.15. The Hall–Kier alpha value is -1.04. The number of amides is 1. The summed E-state index contributed by atoms with van der Waals surface area (Å²) < 4.78 is 0.850. The van der Waals surface area contributed by atoms with Gasteiger partial charge in [-0.25, -0.2) is 4.79 Å². The van der Waals surface area contributed by atoms with E-state index in [1.54, 1.807) is 6.20 Å². The maximum atomic E-state index is 8.78. The number of hydrogen-bond donors (Lipinski definition) is 3. The van der Waals surface area contributed by atoms with Crippen LogP contribution in [0.5, 0.6) is 0 Å². The molecule has 0 bridgehead atoms. The van der Waals surface area contributed by atoms with Crippen LogP contribution >= 0.6 is 15.9 Å². The minimum absolute atomic E-state index is 0.850. The fourth-order valence-corrected chi connectivity index (χ4v) is 0.477. The quantitative estimate of drug-likeness (QED) is 0.588. The Morgan fingerprint density at radius 3 is 2.50 bits per heavy atom. The van der Waals surface area contributed by atoms with Crippen LogP contribution in [0.2, 0.25) is 0 Å². The molecule has 10 heavy (non-hydrogen) atoms. The molecule has 5 nitrogen and oxygen atoms in total. The number of H-pyrrole nitrogens is 1. The van der Waals surface area contributed by atoms with Crippen molar-refractivity contribution in [3.8, 4) is 0 Å². The lowest BCUT2D eigenvalue weighted by Crippen LogP contribution is -2.03. The Morgan fingerprint density at radius 2 is 2.40 bits per heavy atom. The molecule has 0 aliphatic rings. The zero-order valence-electron chi connectivity index (χ0n) is 4.91. The molecule has 1 rings (SSSR count). The van der Waals surface area contributed by atoms with Crippen molar-refractivity contribution < 1.29 is 9.90 Å². The standard InChI is InChI=1S/C3H3BrN2.CH3NO2/c4-3-1-2-5-6-3;2-1(3)4/h1-2H,(H,5,6);2H2,(H,3,4). The van der Waals surface area contributed by atoms with E-state index in [4.69, 9.17) is 9.90 Å². The number of aromatic nitrogens is 2. The van der Waals surface area contributed by atoms with Crippen molar-refractivity contribution in [2.45, 2.75) is 0 Å². The molecular formula is C4H6BrN3O2. The van der Waals surface area contributed by atoms with Crippen molar-refractivity contribution in [3.05, 3.63) is 16.9 Å². The first kappa shape index (κ1) is 8.96. The van der Waals surface area contributed by atoms with Crippen molar-refractivity contribution in [2.24, 2.45) is 5.73 Å². The Labute approximate surface area is 65.4 Å². The summed E-state index contributed by atoms with van der Waals surface area (Å²) in [6.45, 7) is 0. The van der Waals surface area contributed by atoms with E-state index in [0.29, 0.717) is 0 Å². The van der Waals surface area contributed by atoms with Crippen LogP contribution in [0.15, 0.2) is 16.9 Å². The van der Waals surface area contributed by atoms with Gasteiger partial charge in [-0.15, -0.1) is 0 Å². The van der Waals surface area contributed by atoms with E-state index >= 15 is 0 Å². The third-order valence-electron chi connectivity index (χ3n) is 0.467. The third-order valence-corrected chi connectivity index (χ3v) is 0.908. The number of halogens is 1. The van der Waals surface area contributed by atoms with Gasteiger partial charge in [-0.05, 0) is 22.0 Å². The maximum Gasteiger partial charge on any atom is 0.402 e. The molecule has 0 aliphatic carbocycles. The SMILES string of the molecule is Brc1cc[nH]n1.NC(=O)O. The molecule has 0 spiro atoms. The molecule has 6 heteroatoms. The molecule has 0 aliphatic heterocycles. The number of nitrogens with two attached hydrogens (primary N) is 1. The van der Waals surface area contributed by atoms with Gasteiger partial charge in [0.2, 0.25) is 0 Å². The van der Waals surface area contributed by atoms with Gasteiger partial charge < -0.3 is 10.8 Å². The molecule has 1 amide bonds. The lowest BCUT2D eigenvalue weighted by Gasteiger charge is -1.62. The monoisotopic (exact) mass is 207 g/mol. The van der Waals surface area contributed by atoms with E-state index in [9.17, 15) is 0 Å². The van der Waals surface area contributed by atoms with Gasteiger partial charge in [0.05, 0.1) is 0 Å². The van der Waals surface area contributed by atoms with Gasteiger partial charge in [-0.2, -0.15) is 5.10 Å². The molecule has 0 radical (unpaired) electrons. The van der Waals surface area contributed by atoms with E-state index in [-0.39, 0.29) is 0 Å². The van der Waals surface area contributed by atoms with Gasteiger partial charge in [0.25, 0.3) is 0 Å². The molecule has 0 saturated carbocycles. The van der Waals surface area contributed by atoms with Crippen LogP contribution in [-0.4, -0.2) is 21.4 Å². The van der Waals surface area contributed by atoms with Crippen LogP contribution in [0, 0.1) is 0 Å². The van der Waals surface area contributed by atoms with Crippen molar-refractivity contribution in [2.75, 3.05) is 0 Å². The average molecular weight is 208 g/mol. The topological polar surface area (TPSA) is 92.0 Å². The Kier molecular flexibility index (Phi) is 4.30. The first-order chi connectivity index (χ1) is 4.63. The van der Waals surface area contributed by atoms with Crippen LogP contribution < -0.4 is 5.73 Å². The molecular weight excluding hydrogens is 202 g/mol. The van der Waals surface area contributed by atoms with Crippen molar-refractivity contribution in [1.82, 2.24) is 10.2 Å². The van der Waals surface area contributed by atoms with Crippen LogP contribution in [-0.2, 0) is 0 Å². The maximum absolute atomic E-state index is 8.78. The first-order valence-electron chi connectivity index (χ1n) is 2.26. The van der Waals surface area contributed by atoms with Crippen molar-refractivity contribution >= 4 is 22.0 Å². The van der Waals surface area contributed by atoms with Crippen LogP contribution in [0.3, 0.4) is 0 Å². The minimum Gasteiger partial charge on any atom is -0.465 e. The number of rotatable bonds is 0. The van der Waals surface area contributed by atoms with Gasteiger partial charge in [0.1, 0.15) is 4.60 Å². The number of nitrogens with one attached hydrogen (secondary N) is 1. The number of aromatic amines is 1. The minimum atomic E-state index is -1.33. The molecule has 1 aromatic heterocycles. The summed E-state index contributed by atoms with van der Waals surface area (Å²) in [6, 6.07) is 1.83. The van der Waals surface area contributed by atoms with Gasteiger partial charge in [-0.3, -0.25) is 5.10 Å². The lowest BCUT2D eigenvalue weighted by atomic mass is 10.8. The molecule has 0 aromatic carbocycles. The molecule has 1 heterocycles. The number of primary amides is 1. The fourth-order valence-electron chi connectivity index (χ4n) is 0.242. The summed E-state index contributed by atoms with van der Waals surface area (Å²) in [5, 5.41) is 13.5. The van der Waals surface area contributed by atoms with E-state index in [1.165, 1.54) is 0 Å². The van der Waals surface area contributed by atoms with Crippen molar-refractivity contribution in [1.29, 1.82) is 0 Å². The fraction of sp³-hybridized carbons (Fsp3) is 0. The second kappa shape index (κ2) is 4.80. The third kappa shape index (κ3) is 6.96. The normalized spacial score (nSPS) is 7.70. The number of nitrogens with zero attached hydrogens (tertiary/aromatic N) is 1. The molecule has 0 unspecified atom stereocenters. The van der Waals surface area contributed by atoms with E-state index in [1.807, 2.05) is 6.07 Å². The highest BCUT2D eigenvalue weighted by molar-refractivity contribution is 9.10. The second-order valence-electron chi connectivity index (χ2n) is 1.24. The second-order valence-corrected chi connectivity index (χ2v) is 2.05. The summed E-state index contributed by atoms with van der Waals surface area (Å²) in [4.78, 5) is 8.78. The highest BCUT2D eigenvalue weighted by atomic mass is 79.9. The summed E-state index contributed by atoms with van der Waals surface area (Å²) in [7, 11) is 0. The molecule has 4 N–H and O–H groups in total. The van der Waals surface area contributed by atoms with Crippen molar-refractivity contribution in [3.63, 3.8) is 0 Å². The highest BCUT2D eigenvalue weighted by Gasteiger charge is 1.77. The first-order valence-corrected chi connectivity index (χ1v) is 3.06. The zero-order chi connectivity index (χ0) is 7.98. The van der Waals surface area contributed by atoms with Crippen LogP contribution in [0.1, 0.15) is 0 Å². The largest absolute Gasteiger partial charge is 0.465 e. The number of carbonyl (C=O) groups is 1. The summed E-state index contributed by atoms with van der Waals surface area (Å²) in [5.74, 6) is 0. The van der Waals surface area contributed by atoms with E-state index < -0.39 is 6.09 Å². The lowest BCUT2D eigenvalue weighted by molar-refractivity contribution is 0.205. The number of hydrogen-bond acceptors (Lipinski definition) is 2. The molecule has 0 atom stereocenters. The van der Waals surface area contributed by atoms with E-state index in [0.717, 1.165) is 4.60 Å². The highest BCUT2D eigenvalue weighted by Crippen LogP contribution is 1.98. The molecule has 1 aromatic rings. The van der Waals surface area contributed by atoms with E-state index in [2.05, 4.69) is 31.9 Å². The van der Waals surface area contributed by atoms with Gasteiger partial charge in [0, 0.05) is 6.20 Å². The van der Waals surface area contributed by atoms with Gasteiger partial charge in [-0.1, -0.05) is 0 Å². The predicted octanol–water partition coefficient (Wildman–Crippen LogP) is 0.795. The Bertz CT molecular complexity index is 182. The summed E-state index contributed by atoms with van der Waals surface area (Å²) in [5.41, 5.74) is 4.03. The molecule has 56 valence electrons. The smallest absolute Gasteiger partial charge is 0.402 e. The summed E-state index contributed by atoms with van der Waals surface area (Å²) >= 11 is 3.14. The molecule has 0 saturated heterocycles. The number of carboxylic acid groups (broad SMARTS) is 1. The van der Waals surface area contributed by atoms with Gasteiger partial charge in [0.15, 0.2) is 0 Å². The molecule has 0 fully saturated rings. The predicted molar refractivity (Wildman–Crippen MR) is 38.5 cm³/mol.